The van der Waals surface area contributed by atoms with Crippen molar-refractivity contribution in [1.29, 1.82) is 0 Å². The number of carbonyl (C=O) groups is 4. The van der Waals surface area contributed by atoms with Crippen LogP contribution in [-0.4, -0.2) is 95.8 Å². The summed E-state index contributed by atoms with van der Waals surface area (Å²) in [6, 6.07) is 0.413. The van der Waals surface area contributed by atoms with Gasteiger partial charge in [-0.25, -0.2) is 4.79 Å². The van der Waals surface area contributed by atoms with Gasteiger partial charge in [0.25, 0.3) is 5.91 Å². The van der Waals surface area contributed by atoms with Gasteiger partial charge in [-0.05, 0) is 38.6 Å². The van der Waals surface area contributed by atoms with Crippen LogP contribution in [0.5, 0.6) is 5.75 Å². The molecule has 1 aromatic carbocycles. The zero-order valence-corrected chi connectivity index (χ0v) is 24.3. The Balaban J connectivity index is 1.84. The number of carbonyl (C=O) groups excluding carboxylic acids is 4. The predicted octanol–water partition coefficient (Wildman–Crippen LogP) is 1.62. The fraction of sp³-hybridized carbons (Fsp3) is 0.517. The summed E-state index contributed by atoms with van der Waals surface area (Å²) < 4.78 is 5.19. The Morgan fingerprint density at radius 1 is 1.10 bits per heavy atom. The van der Waals surface area contributed by atoms with E-state index in [1.54, 1.807) is 33.1 Å². The molecule has 0 saturated heterocycles. The number of aromatic hydroxyl groups is 1. The van der Waals surface area contributed by atoms with Crippen LogP contribution in [0.15, 0.2) is 23.0 Å². The Morgan fingerprint density at radius 2 is 1.76 bits per heavy atom. The first kappa shape index (κ1) is 30.8. The summed E-state index contributed by atoms with van der Waals surface area (Å²) >= 11 is 0. The van der Waals surface area contributed by atoms with Crippen molar-refractivity contribution in [3.05, 3.63) is 34.1 Å². The molecule has 4 rings (SSSR count). The van der Waals surface area contributed by atoms with E-state index in [1.165, 1.54) is 11.0 Å². The first-order valence-corrected chi connectivity index (χ1v) is 13.8. The van der Waals surface area contributed by atoms with Crippen molar-refractivity contribution in [2.24, 2.45) is 23.5 Å². The zero-order valence-electron chi connectivity index (χ0n) is 24.3. The van der Waals surface area contributed by atoms with E-state index in [0.717, 1.165) is 12.8 Å². The summed E-state index contributed by atoms with van der Waals surface area (Å²) in [5.41, 5.74) is 5.05. The third kappa shape index (κ3) is 4.96. The van der Waals surface area contributed by atoms with Gasteiger partial charge in [-0.15, -0.1) is 0 Å². The number of aliphatic hydroxyl groups excluding tert-OH is 3. The van der Waals surface area contributed by atoms with Gasteiger partial charge < -0.3 is 35.8 Å². The fourth-order valence-electron chi connectivity index (χ4n) is 6.46. The molecule has 0 spiro atoms. The first-order chi connectivity index (χ1) is 19.7. The number of hydrogen-bond acceptors (Lipinski definition) is 11. The number of ketones is 2. The molecule has 0 aromatic heterocycles. The fourth-order valence-corrected chi connectivity index (χ4v) is 6.46. The summed E-state index contributed by atoms with van der Waals surface area (Å²) in [6.07, 6.45) is 0.235. The number of hydrogen-bond donors (Lipinski definition) is 6. The molecule has 0 bridgehead atoms. The summed E-state index contributed by atoms with van der Waals surface area (Å²) in [7, 11) is 6.55. The highest BCUT2D eigenvalue weighted by molar-refractivity contribution is 6.28. The molecule has 1 aromatic rings. The summed E-state index contributed by atoms with van der Waals surface area (Å²) in [5, 5.41) is 47.8. The van der Waals surface area contributed by atoms with E-state index < -0.39 is 76.3 Å². The molecule has 0 aliphatic heterocycles. The number of amides is 2. The number of likely N-dealkylation sites (N-methyl/N-ethyl adjacent to an activating group) is 1. The lowest BCUT2D eigenvalue weighted by Gasteiger charge is -2.49. The lowest BCUT2D eigenvalue weighted by Crippen LogP contribution is -2.61. The minimum absolute atomic E-state index is 0.0187. The van der Waals surface area contributed by atoms with Crippen LogP contribution in [0.3, 0.4) is 0 Å². The number of benzene rings is 1. The zero-order chi connectivity index (χ0) is 31.2. The van der Waals surface area contributed by atoms with Gasteiger partial charge in [0, 0.05) is 37.2 Å². The number of fused-ring (bicyclic) bond motifs is 3. The Bertz CT molecular complexity index is 1400. The van der Waals surface area contributed by atoms with E-state index in [1.807, 2.05) is 6.92 Å². The molecule has 5 atom stereocenters. The third-order valence-electron chi connectivity index (χ3n) is 8.34. The second kappa shape index (κ2) is 11.6. The average Bonchev–Trinajstić information content (AvgIpc) is 2.90. The average molecular weight is 587 g/mol. The maximum Gasteiger partial charge on any atom is 0.411 e. The van der Waals surface area contributed by atoms with Crippen LogP contribution in [0.1, 0.15) is 37.3 Å². The highest BCUT2D eigenvalue weighted by atomic mass is 16.5. The van der Waals surface area contributed by atoms with E-state index in [0.29, 0.717) is 17.7 Å². The molecule has 3 aliphatic rings. The number of nitrogens with two attached hydrogens (primary N) is 1. The molecule has 0 heterocycles. The molecule has 13 heteroatoms. The summed E-state index contributed by atoms with van der Waals surface area (Å²) in [6.45, 7) is 2.19. The van der Waals surface area contributed by atoms with E-state index >= 15 is 0 Å². The maximum atomic E-state index is 14.0. The molecule has 42 heavy (non-hydrogen) atoms. The molecule has 228 valence electrons. The standard InChI is InChI=1S/C29H38N4O9/c1-6-7-8-9-42-29(41)31-14-11-15(32(2)3)12-10-13-17(24(36)16(12)23(14)35)25(37)19-18(22(13)34)21(33(4)5)27(39)20(26(19)38)28(30)40/h11,13,18-19,21-22,34-36,39H,6-10H2,1-5H3,(H2,30,40)(H,31,41). The number of aliphatic hydroxyl groups is 3. The lowest BCUT2D eigenvalue weighted by molar-refractivity contribution is -0.143. The Morgan fingerprint density at radius 3 is 2.33 bits per heavy atom. The number of unbranched alkanes of at least 4 members (excludes halogenated alkanes) is 2. The topological polar surface area (TPSA) is 203 Å². The molecule has 2 amide bonds. The van der Waals surface area contributed by atoms with Crippen molar-refractivity contribution >= 4 is 40.7 Å². The molecule has 1 fully saturated rings. The third-order valence-corrected chi connectivity index (χ3v) is 8.34. The van der Waals surface area contributed by atoms with E-state index in [-0.39, 0.29) is 29.9 Å². The number of rotatable bonds is 8. The minimum Gasteiger partial charge on any atom is -0.510 e. The second-order valence-corrected chi connectivity index (χ2v) is 11.4. The minimum atomic E-state index is -1.62. The summed E-state index contributed by atoms with van der Waals surface area (Å²) in [5.74, 6) is -8.68. The first-order valence-electron chi connectivity index (χ1n) is 13.8. The number of phenolic OH excluding ortho intramolecular Hbond substituents is 1. The van der Waals surface area contributed by atoms with Crippen molar-refractivity contribution in [2.45, 2.75) is 44.8 Å². The lowest BCUT2D eigenvalue weighted by atomic mass is 9.58. The van der Waals surface area contributed by atoms with Gasteiger partial charge in [-0.1, -0.05) is 19.8 Å². The largest absolute Gasteiger partial charge is 0.510 e. The van der Waals surface area contributed by atoms with Crippen molar-refractivity contribution in [3.63, 3.8) is 0 Å². The van der Waals surface area contributed by atoms with Crippen molar-refractivity contribution in [1.82, 2.24) is 4.90 Å². The molecular weight excluding hydrogens is 548 g/mol. The van der Waals surface area contributed by atoms with E-state index in [2.05, 4.69) is 5.32 Å². The quantitative estimate of drug-likeness (QED) is 0.112. The smallest absolute Gasteiger partial charge is 0.411 e. The molecule has 0 radical (unpaired) electrons. The SMILES string of the molecule is CCCCCOC(=O)Nc1cc(N(C)C)c2c(c1O)C(O)=C1C(=O)C3C(=O)C(C(N)=O)=C(O)C(N(C)C)C3C(O)C1C2. The van der Waals surface area contributed by atoms with Crippen LogP contribution in [0, 0.1) is 17.8 Å². The van der Waals surface area contributed by atoms with Crippen molar-refractivity contribution in [2.75, 3.05) is 45.0 Å². The van der Waals surface area contributed by atoms with Crippen LogP contribution in [-0.2, 0) is 25.5 Å². The maximum absolute atomic E-state index is 14.0. The van der Waals surface area contributed by atoms with Crippen LogP contribution < -0.4 is 16.0 Å². The predicted molar refractivity (Wildman–Crippen MR) is 153 cm³/mol. The van der Waals surface area contributed by atoms with Crippen molar-refractivity contribution in [3.8, 4) is 5.75 Å². The summed E-state index contributed by atoms with van der Waals surface area (Å²) in [4.78, 5) is 55.1. The Hall–Kier alpha value is -4.10. The van der Waals surface area contributed by atoms with Crippen LogP contribution >= 0.6 is 0 Å². The van der Waals surface area contributed by atoms with E-state index in [9.17, 15) is 39.6 Å². The molecule has 1 saturated carbocycles. The molecule has 13 nitrogen and oxygen atoms in total. The molecule has 5 unspecified atom stereocenters. The molecule has 3 aliphatic carbocycles. The van der Waals surface area contributed by atoms with Gasteiger partial charge in [-0.3, -0.25) is 24.6 Å². The van der Waals surface area contributed by atoms with Gasteiger partial charge in [-0.2, -0.15) is 0 Å². The molecular formula is C29H38N4O9. The number of ether oxygens (including phenoxy) is 1. The van der Waals surface area contributed by atoms with E-state index in [4.69, 9.17) is 10.5 Å². The number of phenols is 1. The molecule has 7 N–H and O–H groups in total. The van der Waals surface area contributed by atoms with Gasteiger partial charge in [0.05, 0.1) is 35.9 Å². The second-order valence-electron chi connectivity index (χ2n) is 11.4. The highest BCUT2D eigenvalue weighted by Crippen LogP contribution is 2.53. The van der Waals surface area contributed by atoms with Crippen LogP contribution in [0.2, 0.25) is 0 Å². The van der Waals surface area contributed by atoms with Gasteiger partial charge in [0.1, 0.15) is 17.1 Å². The number of primary amides is 1. The number of nitrogens with zero attached hydrogens (tertiary/aromatic N) is 2. The number of Topliss-reactive ketones (excluding diaryl/α,β-unsaturated/α-hetero) is 2. The van der Waals surface area contributed by atoms with Crippen LogP contribution in [0.25, 0.3) is 5.76 Å². The Kier molecular flexibility index (Phi) is 8.55. The number of nitrogens with one attached hydrogen (secondary N) is 1. The highest BCUT2D eigenvalue weighted by Gasteiger charge is 2.59. The van der Waals surface area contributed by atoms with Gasteiger partial charge in [0.15, 0.2) is 17.3 Å². The monoisotopic (exact) mass is 586 g/mol. The number of anilines is 2. The van der Waals surface area contributed by atoms with Gasteiger partial charge >= 0.3 is 6.09 Å². The normalized spacial score (nSPS) is 25.2. The van der Waals surface area contributed by atoms with Gasteiger partial charge in [0.2, 0.25) is 0 Å². The van der Waals surface area contributed by atoms with Crippen LogP contribution in [0.4, 0.5) is 16.2 Å². The Labute approximate surface area is 243 Å². The van der Waals surface area contributed by atoms with Crippen molar-refractivity contribution < 1.29 is 44.3 Å².